The zero-order chi connectivity index (χ0) is 17.5. The fourth-order valence-corrected chi connectivity index (χ4v) is 2.59. The molecular weight excluding hydrogens is 379 g/mol. The lowest BCUT2D eigenvalue weighted by molar-refractivity contribution is -0.131. The van der Waals surface area contributed by atoms with Crippen LogP contribution in [0.5, 0.6) is 0 Å². The van der Waals surface area contributed by atoms with Crippen LogP contribution in [-0.2, 0) is 11.3 Å². The number of nitrogens with one attached hydrogen (secondary N) is 1. The van der Waals surface area contributed by atoms with Gasteiger partial charge in [0.2, 0.25) is 5.91 Å². The second-order valence-electron chi connectivity index (χ2n) is 5.13. The molecule has 0 bridgehead atoms. The highest BCUT2D eigenvalue weighted by Crippen LogP contribution is 2.17. The summed E-state index contributed by atoms with van der Waals surface area (Å²) in [7, 11) is 0. The molecule has 0 saturated heterocycles. The van der Waals surface area contributed by atoms with E-state index in [9.17, 15) is 14.0 Å². The summed E-state index contributed by atoms with van der Waals surface area (Å²) < 4.78 is 19.5. The Morgan fingerprint density at radius 1 is 1.33 bits per heavy atom. The van der Waals surface area contributed by atoms with E-state index in [2.05, 4.69) is 21.2 Å². The van der Waals surface area contributed by atoms with Crippen LogP contribution in [-0.4, -0.2) is 29.8 Å². The van der Waals surface area contributed by atoms with Crippen molar-refractivity contribution in [2.24, 2.45) is 0 Å². The lowest BCUT2D eigenvalue weighted by Gasteiger charge is -2.21. The number of carbonyl (C=O) groups is 2. The zero-order valence-corrected chi connectivity index (χ0v) is 14.8. The highest BCUT2D eigenvalue weighted by molar-refractivity contribution is 9.10. The quantitative estimate of drug-likeness (QED) is 0.780. The normalized spacial score (nSPS) is 10.5. The average molecular weight is 397 g/mol. The predicted molar refractivity (Wildman–Crippen MR) is 90.8 cm³/mol. The van der Waals surface area contributed by atoms with Crippen molar-refractivity contribution in [3.63, 3.8) is 0 Å². The third kappa shape index (κ3) is 4.92. The molecule has 0 spiro atoms. The van der Waals surface area contributed by atoms with Crippen LogP contribution in [0.1, 0.15) is 29.5 Å². The lowest BCUT2D eigenvalue weighted by atomic mass is 10.2. The summed E-state index contributed by atoms with van der Waals surface area (Å²) in [5.41, 5.74) is 0.444. The second-order valence-corrected chi connectivity index (χ2v) is 6.04. The molecule has 2 rings (SSSR count). The van der Waals surface area contributed by atoms with Crippen molar-refractivity contribution in [1.82, 2.24) is 10.2 Å². The van der Waals surface area contributed by atoms with E-state index in [0.29, 0.717) is 12.1 Å². The zero-order valence-electron chi connectivity index (χ0n) is 13.2. The third-order valence-corrected chi connectivity index (χ3v) is 3.97. The molecule has 0 aliphatic carbocycles. The minimum absolute atomic E-state index is 0.135. The molecule has 2 aromatic rings. The van der Waals surface area contributed by atoms with Crippen molar-refractivity contribution in [3.8, 4) is 0 Å². The number of furan rings is 1. The Labute approximate surface area is 148 Å². The van der Waals surface area contributed by atoms with E-state index in [1.54, 1.807) is 29.2 Å². The van der Waals surface area contributed by atoms with Gasteiger partial charge in [0.05, 0.1) is 6.26 Å². The fourth-order valence-electron chi connectivity index (χ4n) is 2.18. The van der Waals surface area contributed by atoms with E-state index in [-0.39, 0.29) is 42.9 Å². The highest BCUT2D eigenvalue weighted by Gasteiger charge is 2.15. The van der Waals surface area contributed by atoms with Crippen molar-refractivity contribution in [3.05, 3.63) is 58.2 Å². The summed E-state index contributed by atoms with van der Waals surface area (Å²) in [6.45, 7) is 2.66. The molecule has 0 aliphatic heterocycles. The van der Waals surface area contributed by atoms with E-state index >= 15 is 0 Å². The van der Waals surface area contributed by atoms with Gasteiger partial charge in [-0.05, 0) is 37.3 Å². The molecule has 0 saturated carbocycles. The number of hydrogen-bond donors (Lipinski definition) is 1. The maximum atomic E-state index is 13.8. The molecule has 0 radical (unpaired) electrons. The smallest absolute Gasteiger partial charge is 0.286 e. The van der Waals surface area contributed by atoms with E-state index < -0.39 is 0 Å². The van der Waals surface area contributed by atoms with Gasteiger partial charge in [0.1, 0.15) is 5.82 Å². The molecule has 1 heterocycles. The first-order valence-electron chi connectivity index (χ1n) is 7.54. The Kier molecular flexibility index (Phi) is 6.54. The Morgan fingerprint density at radius 2 is 2.12 bits per heavy atom. The van der Waals surface area contributed by atoms with Gasteiger partial charge in [-0.15, -0.1) is 0 Å². The largest absolute Gasteiger partial charge is 0.459 e. The number of halogens is 2. The fraction of sp³-hybridized carbons (Fsp3) is 0.294. The van der Waals surface area contributed by atoms with Gasteiger partial charge in [0.25, 0.3) is 5.91 Å². The molecule has 128 valence electrons. The Morgan fingerprint density at radius 3 is 2.79 bits per heavy atom. The third-order valence-electron chi connectivity index (χ3n) is 3.47. The summed E-state index contributed by atoms with van der Waals surface area (Å²) in [5, 5.41) is 2.62. The summed E-state index contributed by atoms with van der Waals surface area (Å²) in [5.74, 6) is -0.674. The van der Waals surface area contributed by atoms with Gasteiger partial charge in [-0.3, -0.25) is 9.59 Å². The van der Waals surface area contributed by atoms with Crippen LogP contribution in [0.2, 0.25) is 0 Å². The first-order chi connectivity index (χ1) is 11.5. The number of amides is 2. The molecule has 1 aromatic heterocycles. The number of hydrogen-bond acceptors (Lipinski definition) is 3. The summed E-state index contributed by atoms with van der Waals surface area (Å²) in [6.07, 6.45) is 1.54. The molecule has 0 atom stereocenters. The van der Waals surface area contributed by atoms with Gasteiger partial charge in [-0.2, -0.15) is 0 Å². The Hall–Kier alpha value is -2.15. The number of carbonyl (C=O) groups excluding carboxylic acids is 2. The first kappa shape index (κ1) is 18.2. The number of benzene rings is 1. The van der Waals surface area contributed by atoms with Crippen LogP contribution in [0, 0.1) is 5.82 Å². The van der Waals surface area contributed by atoms with E-state index in [1.165, 1.54) is 12.3 Å². The summed E-state index contributed by atoms with van der Waals surface area (Å²) in [4.78, 5) is 25.5. The van der Waals surface area contributed by atoms with Crippen LogP contribution >= 0.6 is 15.9 Å². The van der Waals surface area contributed by atoms with Gasteiger partial charge >= 0.3 is 0 Å². The molecule has 1 N–H and O–H groups in total. The van der Waals surface area contributed by atoms with Gasteiger partial charge in [-0.25, -0.2) is 4.39 Å². The van der Waals surface area contributed by atoms with Crippen LogP contribution in [0.4, 0.5) is 4.39 Å². The van der Waals surface area contributed by atoms with Crippen LogP contribution in [0.15, 0.2) is 45.5 Å². The standard InChI is InChI=1S/C17H18BrFN2O3/c1-2-21(11-12-10-13(18)5-6-14(12)19)16(22)7-8-20-17(23)15-4-3-9-24-15/h3-6,9-10H,2,7-8,11H2,1H3,(H,20,23). The van der Waals surface area contributed by atoms with E-state index in [1.807, 2.05) is 6.92 Å². The van der Waals surface area contributed by atoms with Crippen LogP contribution in [0.25, 0.3) is 0 Å². The molecule has 0 unspecified atom stereocenters. The predicted octanol–water partition coefficient (Wildman–Crippen LogP) is 3.35. The molecular formula is C17H18BrFN2O3. The molecule has 0 fully saturated rings. The van der Waals surface area contributed by atoms with Gasteiger partial charge in [0, 0.05) is 36.1 Å². The van der Waals surface area contributed by atoms with Crippen molar-refractivity contribution in [1.29, 1.82) is 0 Å². The van der Waals surface area contributed by atoms with E-state index in [0.717, 1.165) is 4.47 Å². The summed E-state index contributed by atoms with van der Waals surface area (Å²) in [6, 6.07) is 7.79. The Balaban J connectivity index is 1.87. The second kappa shape index (κ2) is 8.63. The number of nitrogens with zero attached hydrogens (tertiary/aromatic N) is 1. The van der Waals surface area contributed by atoms with Gasteiger partial charge in [-0.1, -0.05) is 15.9 Å². The van der Waals surface area contributed by atoms with Gasteiger partial charge in [0.15, 0.2) is 5.76 Å². The Bertz CT molecular complexity index is 704. The summed E-state index contributed by atoms with van der Waals surface area (Å²) >= 11 is 3.30. The minimum Gasteiger partial charge on any atom is -0.459 e. The molecule has 5 nitrogen and oxygen atoms in total. The number of rotatable bonds is 7. The van der Waals surface area contributed by atoms with Crippen molar-refractivity contribution >= 4 is 27.7 Å². The molecule has 7 heteroatoms. The van der Waals surface area contributed by atoms with Crippen LogP contribution in [0.3, 0.4) is 0 Å². The van der Waals surface area contributed by atoms with Crippen molar-refractivity contribution < 1.29 is 18.4 Å². The molecule has 2 amide bonds. The van der Waals surface area contributed by atoms with E-state index in [4.69, 9.17) is 4.42 Å². The lowest BCUT2D eigenvalue weighted by Crippen LogP contribution is -2.34. The topological polar surface area (TPSA) is 62.6 Å². The SMILES string of the molecule is CCN(Cc1cc(Br)ccc1F)C(=O)CCNC(=O)c1ccco1. The minimum atomic E-state index is -0.367. The average Bonchev–Trinajstić information content (AvgIpc) is 3.10. The highest BCUT2D eigenvalue weighted by atomic mass is 79.9. The maximum Gasteiger partial charge on any atom is 0.286 e. The molecule has 0 aliphatic rings. The van der Waals surface area contributed by atoms with Crippen molar-refractivity contribution in [2.45, 2.75) is 19.9 Å². The van der Waals surface area contributed by atoms with Gasteiger partial charge < -0.3 is 14.6 Å². The first-order valence-corrected chi connectivity index (χ1v) is 8.34. The van der Waals surface area contributed by atoms with Crippen LogP contribution < -0.4 is 5.32 Å². The maximum absolute atomic E-state index is 13.8. The monoisotopic (exact) mass is 396 g/mol. The van der Waals surface area contributed by atoms with Crippen molar-refractivity contribution in [2.75, 3.05) is 13.1 Å². The molecule has 24 heavy (non-hydrogen) atoms. The molecule has 1 aromatic carbocycles.